The highest BCUT2D eigenvalue weighted by Gasteiger charge is 2.57. The minimum absolute atomic E-state index is 0.0893. The molecule has 8 heteroatoms. The zero-order valence-corrected chi connectivity index (χ0v) is 16.7. The summed E-state index contributed by atoms with van der Waals surface area (Å²) >= 11 is 1.54. The van der Waals surface area contributed by atoms with Crippen LogP contribution >= 0.6 is 11.8 Å². The maximum absolute atomic E-state index is 12.7. The Morgan fingerprint density at radius 2 is 1.86 bits per heavy atom. The SMILES string of the molecule is CC(N)C(=O)C1(C(=O)O)CCCN1[C@@H](CSC1Cc2ccccc2C1)C(=O)O. The van der Waals surface area contributed by atoms with E-state index in [4.69, 9.17) is 5.73 Å². The third kappa shape index (κ3) is 3.68. The number of hydrogen-bond donors (Lipinski definition) is 3. The number of carboxylic acids is 2. The van der Waals surface area contributed by atoms with Gasteiger partial charge in [0.2, 0.25) is 0 Å². The van der Waals surface area contributed by atoms with Crippen molar-refractivity contribution >= 4 is 29.5 Å². The molecule has 1 fully saturated rings. The summed E-state index contributed by atoms with van der Waals surface area (Å²) < 4.78 is 0. The van der Waals surface area contributed by atoms with E-state index < -0.39 is 35.3 Å². The molecule has 28 heavy (non-hydrogen) atoms. The summed E-state index contributed by atoms with van der Waals surface area (Å²) in [5.41, 5.74) is 6.41. The zero-order chi connectivity index (χ0) is 20.5. The van der Waals surface area contributed by atoms with Crippen molar-refractivity contribution in [2.45, 2.75) is 55.5 Å². The van der Waals surface area contributed by atoms with Crippen molar-refractivity contribution in [3.8, 4) is 0 Å². The third-order valence-corrected chi connectivity index (χ3v) is 7.08. The summed E-state index contributed by atoms with van der Waals surface area (Å²) in [6.45, 7) is 1.71. The Morgan fingerprint density at radius 3 is 2.36 bits per heavy atom. The molecule has 4 N–H and O–H groups in total. The predicted octanol–water partition coefficient (Wildman–Crippen LogP) is 1.18. The maximum atomic E-state index is 12.7. The molecule has 2 unspecified atom stereocenters. The molecule has 1 aromatic rings. The summed E-state index contributed by atoms with van der Waals surface area (Å²) in [6, 6.07) is 6.15. The van der Waals surface area contributed by atoms with E-state index in [-0.39, 0.29) is 24.0 Å². The highest BCUT2D eigenvalue weighted by Crippen LogP contribution is 2.36. The molecule has 152 valence electrons. The zero-order valence-electron chi connectivity index (χ0n) is 15.8. The molecule has 1 heterocycles. The quantitative estimate of drug-likeness (QED) is 0.550. The molecule has 0 saturated carbocycles. The molecule has 0 amide bonds. The first-order valence-electron chi connectivity index (χ1n) is 9.48. The predicted molar refractivity (Wildman–Crippen MR) is 106 cm³/mol. The van der Waals surface area contributed by atoms with Crippen LogP contribution in [0.5, 0.6) is 0 Å². The molecule has 0 radical (unpaired) electrons. The summed E-state index contributed by atoms with van der Waals surface area (Å²) in [7, 11) is 0. The Bertz CT molecular complexity index is 759. The highest BCUT2D eigenvalue weighted by atomic mass is 32.2. The maximum Gasteiger partial charge on any atom is 0.332 e. The number of carboxylic acid groups (broad SMARTS) is 2. The molecular weight excluding hydrogens is 380 g/mol. The van der Waals surface area contributed by atoms with E-state index in [0.717, 1.165) is 12.8 Å². The molecule has 1 aliphatic heterocycles. The summed E-state index contributed by atoms with van der Waals surface area (Å²) in [4.78, 5) is 38.2. The van der Waals surface area contributed by atoms with Crippen molar-refractivity contribution in [1.29, 1.82) is 0 Å². The van der Waals surface area contributed by atoms with Crippen LogP contribution in [0.25, 0.3) is 0 Å². The molecule has 2 aliphatic rings. The Labute approximate surface area is 168 Å². The van der Waals surface area contributed by atoms with Crippen LogP contribution < -0.4 is 5.73 Å². The van der Waals surface area contributed by atoms with E-state index in [9.17, 15) is 24.6 Å². The van der Waals surface area contributed by atoms with Crippen LogP contribution in [0.1, 0.15) is 30.9 Å². The number of likely N-dealkylation sites (tertiary alicyclic amines) is 1. The minimum Gasteiger partial charge on any atom is -0.480 e. The number of carbonyl (C=O) groups excluding carboxylic acids is 1. The lowest BCUT2D eigenvalue weighted by Gasteiger charge is -2.38. The fourth-order valence-electron chi connectivity index (χ4n) is 4.40. The summed E-state index contributed by atoms with van der Waals surface area (Å²) in [5, 5.41) is 19.9. The fourth-order valence-corrected chi connectivity index (χ4v) is 5.77. The number of thioether (sulfide) groups is 1. The van der Waals surface area contributed by atoms with Crippen molar-refractivity contribution in [1.82, 2.24) is 4.90 Å². The topological polar surface area (TPSA) is 121 Å². The molecule has 1 aromatic carbocycles. The van der Waals surface area contributed by atoms with E-state index in [0.29, 0.717) is 6.42 Å². The van der Waals surface area contributed by atoms with Crippen molar-refractivity contribution in [2.75, 3.05) is 12.3 Å². The smallest absolute Gasteiger partial charge is 0.332 e. The van der Waals surface area contributed by atoms with Crippen LogP contribution in [-0.4, -0.2) is 68.0 Å². The van der Waals surface area contributed by atoms with Gasteiger partial charge in [-0.05, 0) is 43.7 Å². The monoisotopic (exact) mass is 406 g/mol. The highest BCUT2D eigenvalue weighted by molar-refractivity contribution is 8.00. The van der Waals surface area contributed by atoms with E-state index in [1.54, 1.807) is 0 Å². The first-order valence-corrected chi connectivity index (χ1v) is 10.5. The van der Waals surface area contributed by atoms with Gasteiger partial charge in [-0.3, -0.25) is 14.5 Å². The van der Waals surface area contributed by atoms with Crippen LogP contribution in [0, 0.1) is 0 Å². The molecule has 7 nitrogen and oxygen atoms in total. The molecule has 1 saturated heterocycles. The van der Waals surface area contributed by atoms with Crippen molar-refractivity contribution in [3.63, 3.8) is 0 Å². The van der Waals surface area contributed by atoms with Crippen molar-refractivity contribution in [2.24, 2.45) is 5.73 Å². The molecule has 0 aromatic heterocycles. The number of ketones is 1. The molecule has 0 spiro atoms. The average Bonchev–Trinajstić information content (AvgIpc) is 3.25. The summed E-state index contributed by atoms with van der Waals surface area (Å²) in [5.74, 6) is -2.80. The van der Waals surface area contributed by atoms with Gasteiger partial charge in [-0.1, -0.05) is 24.3 Å². The van der Waals surface area contributed by atoms with E-state index >= 15 is 0 Å². The molecule has 0 bridgehead atoms. The van der Waals surface area contributed by atoms with Gasteiger partial charge >= 0.3 is 11.9 Å². The largest absolute Gasteiger partial charge is 0.480 e. The number of fused-ring (bicyclic) bond motifs is 1. The first kappa shape index (κ1) is 20.8. The van der Waals surface area contributed by atoms with Gasteiger partial charge in [-0.2, -0.15) is 11.8 Å². The lowest BCUT2D eigenvalue weighted by atomic mass is 9.86. The van der Waals surface area contributed by atoms with Gasteiger partial charge in [0, 0.05) is 17.5 Å². The number of benzene rings is 1. The van der Waals surface area contributed by atoms with E-state index in [1.165, 1.54) is 34.7 Å². The van der Waals surface area contributed by atoms with Gasteiger partial charge in [0.25, 0.3) is 0 Å². The van der Waals surface area contributed by atoms with Crippen LogP contribution in [0.4, 0.5) is 0 Å². The molecule has 3 atom stereocenters. The van der Waals surface area contributed by atoms with E-state index in [2.05, 4.69) is 12.1 Å². The van der Waals surface area contributed by atoms with Crippen molar-refractivity contribution in [3.05, 3.63) is 35.4 Å². The first-order chi connectivity index (χ1) is 13.3. The van der Waals surface area contributed by atoms with Crippen LogP contribution in [0.15, 0.2) is 24.3 Å². The Hall–Kier alpha value is -1.90. The second-order valence-electron chi connectivity index (χ2n) is 7.60. The van der Waals surface area contributed by atoms with Gasteiger partial charge < -0.3 is 15.9 Å². The number of rotatable bonds is 8. The van der Waals surface area contributed by atoms with Crippen molar-refractivity contribution < 1.29 is 24.6 Å². The lowest BCUT2D eigenvalue weighted by molar-refractivity contribution is -0.160. The lowest BCUT2D eigenvalue weighted by Crippen LogP contribution is -2.64. The van der Waals surface area contributed by atoms with Gasteiger partial charge in [-0.15, -0.1) is 0 Å². The number of hydrogen-bond acceptors (Lipinski definition) is 6. The van der Waals surface area contributed by atoms with Crippen LogP contribution in [-0.2, 0) is 27.2 Å². The minimum atomic E-state index is -1.85. The molecule has 3 rings (SSSR count). The second-order valence-corrected chi connectivity index (χ2v) is 8.93. The summed E-state index contributed by atoms with van der Waals surface area (Å²) in [6.07, 6.45) is 2.28. The normalized spacial score (nSPS) is 24.6. The number of aliphatic carboxylic acids is 2. The van der Waals surface area contributed by atoms with Crippen LogP contribution in [0.3, 0.4) is 0 Å². The number of nitrogens with zero attached hydrogens (tertiary/aromatic N) is 1. The Kier molecular flexibility index (Phi) is 6.12. The second kappa shape index (κ2) is 8.23. The van der Waals surface area contributed by atoms with Gasteiger partial charge in [0.1, 0.15) is 6.04 Å². The fraction of sp³-hybridized carbons (Fsp3) is 0.550. The molecular formula is C20H26N2O5S. The number of Topliss-reactive ketones (excluding diaryl/α,β-unsaturated/α-hetero) is 1. The van der Waals surface area contributed by atoms with E-state index in [1.807, 2.05) is 12.1 Å². The van der Waals surface area contributed by atoms with Crippen LogP contribution in [0.2, 0.25) is 0 Å². The van der Waals surface area contributed by atoms with Gasteiger partial charge in [-0.25, -0.2) is 4.79 Å². The average molecular weight is 407 g/mol. The number of nitrogens with two attached hydrogens (primary N) is 1. The Balaban J connectivity index is 1.77. The van der Waals surface area contributed by atoms with Gasteiger partial charge in [0.15, 0.2) is 11.3 Å². The Morgan fingerprint density at radius 1 is 1.25 bits per heavy atom. The molecule has 1 aliphatic carbocycles. The van der Waals surface area contributed by atoms with Gasteiger partial charge in [0.05, 0.1) is 6.04 Å². The number of carbonyl (C=O) groups is 3. The third-order valence-electron chi connectivity index (χ3n) is 5.77. The standard InChI is InChI=1S/C20H26N2O5S/c1-12(21)17(23)20(19(26)27)7-4-8-22(20)16(18(24)25)11-28-15-9-13-5-2-3-6-14(13)10-15/h2-3,5-6,12,15-16H,4,7-11,21H2,1H3,(H,24,25)(H,26,27)/t12?,16-,20?/m0/s1.